The second-order valence-electron chi connectivity index (χ2n) is 7.27. The van der Waals surface area contributed by atoms with E-state index in [1.54, 1.807) is 0 Å². The molecule has 0 bridgehead atoms. The predicted octanol–water partition coefficient (Wildman–Crippen LogP) is 5.07. The lowest BCUT2D eigenvalue weighted by Gasteiger charge is -2.23. The van der Waals surface area contributed by atoms with Crippen LogP contribution in [0.5, 0.6) is 0 Å². The Morgan fingerprint density at radius 1 is 1.15 bits per heavy atom. The van der Waals surface area contributed by atoms with E-state index in [1.807, 2.05) is 10.9 Å². The molecule has 6 heteroatoms. The standard InChI is InChI=1S/C20H24BrN5/c1-14-11-22-25(12-14)13-19-23-20(16-8-9-18(21)15(2)10-16)24-26(19)17-6-4-3-5-7-17/h8-12,17H,3-7,13H2,1-2H3. The van der Waals surface area contributed by atoms with E-state index in [4.69, 9.17) is 10.1 Å². The number of benzene rings is 1. The molecule has 5 nitrogen and oxygen atoms in total. The highest BCUT2D eigenvalue weighted by molar-refractivity contribution is 9.10. The molecule has 0 spiro atoms. The maximum absolute atomic E-state index is 4.93. The van der Waals surface area contributed by atoms with Crippen molar-refractivity contribution in [3.8, 4) is 11.4 Å². The zero-order valence-electron chi connectivity index (χ0n) is 15.3. The quantitative estimate of drug-likeness (QED) is 0.599. The highest BCUT2D eigenvalue weighted by Gasteiger charge is 2.22. The van der Waals surface area contributed by atoms with Crippen molar-refractivity contribution in [2.24, 2.45) is 0 Å². The Bertz CT molecular complexity index is 905. The molecule has 0 saturated heterocycles. The molecule has 1 fully saturated rings. The van der Waals surface area contributed by atoms with Gasteiger partial charge in [-0.1, -0.05) is 35.2 Å². The summed E-state index contributed by atoms with van der Waals surface area (Å²) in [6.07, 6.45) is 10.2. The minimum atomic E-state index is 0.452. The lowest BCUT2D eigenvalue weighted by atomic mass is 9.95. The number of aryl methyl sites for hydroxylation is 2. The molecule has 2 heterocycles. The van der Waals surface area contributed by atoms with Crippen LogP contribution in [0.2, 0.25) is 0 Å². The number of hydrogen-bond acceptors (Lipinski definition) is 3. The molecule has 0 amide bonds. The van der Waals surface area contributed by atoms with E-state index in [9.17, 15) is 0 Å². The van der Waals surface area contributed by atoms with Crippen LogP contribution in [0.25, 0.3) is 11.4 Å². The van der Waals surface area contributed by atoms with E-state index in [1.165, 1.54) is 37.7 Å². The maximum Gasteiger partial charge on any atom is 0.181 e. The highest BCUT2D eigenvalue weighted by atomic mass is 79.9. The van der Waals surface area contributed by atoms with Gasteiger partial charge in [0, 0.05) is 16.2 Å². The van der Waals surface area contributed by atoms with Gasteiger partial charge >= 0.3 is 0 Å². The van der Waals surface area contributed by atoms with Gasteiger partial charge in [0.2, 0.25) is 0 Å². The van der Waals surface area contributed by atoms with Gasteiger partial charge in [0.1, 0.15) is 12.4 Å². The van der Waals surface area contributed by atoms with Crippen molar-refractivity contribution in [2.45, 2.75) is 58.5 Å². The van der Waals surface area contributed by atoms with Crippen molar-refractivity contribution in [2.75, 3.05) is 0 Å². The molecule has 1 aromatic carbocycles. The second kappa shape index (κ2) is 7.35. The van der Waals surface area contributed by atoms with Crippen molar-refractivity contribution in [1.82, 2.24) is 24.5 Å². The van der Waals surface area contributed by atoms with Crippen LogP contribution in [-0.4, -0.2) is 24.5 Å². The van der Waals surface area contributed by atoms with Gasteiger partial charge in [0.05, 0.1) is 12.2 Å². The van der Waals surface area contributed by atoms with Gasteiger partial charge in [-0.15, -0.1) is 0 Å². The van der Waals surface area contributed by atoms with Crippen LogP contribution < -0.4 is 0 Å². The third-order valence-corrected chi connectivity index (χ3v) is 5.99. The molecular weight excluding hydrogens is 390 g/mol. The fourth-order valence-corrected chi connectivity index (χ4v) is 3.93. The number of halogens is 1. The van der Waals surface area contributed by atoms with Crippen LogP contribution in [-0.2, 0) is 6.54 Å². The van der Waals surface area contributed by atoms with Gasteiger partial charge in [-0.2, -0.15) is 10.2 Å². The van der Waals surface area contributed by atoms with Crippen LogP contribution in [0.3, 0.4) is 0 Å². The van der Waals surface area contributed by atoms with Crippen LogP contribution >= 0.6 is 15.9 Å². The Morgan fingerprint density at radius 3 is 2.65 bits per heavy atom. The van der Waals surface area contributed by atoms with Crippen LogP contribution in [0, 0.1) is 13.8 Å². The summed E-state index contributed by atoms with van der Waals surface area (Å²) in [5.74, 6) is 1.81. The van der Waals surface area contributed by atoms with Crippen LogP contribution in [0.15, 0.2) is 35.1 Å². The lowest BCUT2D eigenvalue weighted by Crippen LogP contribution is -2.18. The van der Waals surface area contributed by atoms with Crippen molar-refractivity contribution in [3.63, 3.8) is 0 Å². The number of rotatable bonds is 4. The molecular formula is C20H24BrN5. The van der Waals surface area contributed by atoms with E-state index >= 15 is 0 Å². The van der Waals surface area contributed by atoms with E-state index in [2.05, 4.69) is 64.0 Å². The molecule has 1 aliphatic carbocycles. The van der Waals surface area contributed by atoms with Gasteiger partial charge in [-0.25, -0.2) is 9.67 Å². The lowest BCUT2D eigenvalue weighted by molar-refractivity contribution is 0.318. The molecule has 0 aliphatic heterocycles. The molecule has 0 N–H and O–H groups in total. The van der Waals surface area contributed by atoms with E-state index in [-0.39, 0.29) is 0 Å². The van der Waals surface area contributed by atoms with Crippen molar-refractivity contribution in [1.29, 1.82) is 0 Å². The second-order valence-corrected chi connectivity index (χ2v) is 8.12. The minimum absolute atomic E-state index is 0.452. The van der Waals surface area contributed by atoms with E-state index in [0.717, 1.165) is 27.2 Å². The average Bonchev–Trinajstić information content (AvgIpc) is 3.25. The molecule has 3 aromatic rings. The Labute approximate surface area is 162 Å². The monoisotopic (exact) mass is 413 g/mol. The molecule has 26 heavy (non-hydrogen) atoms. The summed E-state index contributed by atoms with van der Waals surface area (Å²) in [7, 11) is 0. The number of aromatic nitrogens is 5. The van der Waals surface area contributed by atoms with Crippen LogP contribution in [0.4, 0.5) is 0 Å². The summed E-state index contributed by atoms with van der Waals surface area (Å²) in [6, 6.07) is 6.75. The zero-order valence-corrected chi connectivity index (χ0v) is 16.9. The smallest absolute Gasteiger partial charge is 0.181 e. The van der Waals surface area contributed by atoms with Gasteiger partial charge < -0.3 is 0 Å². The van der Waals surface area contributed by atoms with Crippen molar-refractivity contribution < 1.29 is 0 Å². The van der Waals surface area contributed by atoms with Gasteiger partial charge in [-0.3, -0.25) is 4.68 Å². The third-order valence-electron chi connectivity index (χ3n) is 5.10. The first kappa shape index (κ1) is 17.5. The molecule has 2 aromatic heterocycles. The Balaban J connectivity index is 1.72. The fourth-order valence-electron chi connectivity index (χ4n) is 3.69. The van der Waals surface area contributed by atoms with Crippen molar-refractivity contribution in [3.05, 3.63) is 52.0 Å². The topological polar surface area (TPSA) is 48.5 Å². The first-order valence-corrected chi connectivity index (χ1v) is 10.1. The molecule has 0 radical (unpaired) electrons. The predicted molar refractivity (Wildman–Crippen MR) is 106 cm³/mol. The molecule has 4 rings (SSSR count). The Hall–Kier alpha value is -1.95. The highest BCUT2D eigenvalue weighted by Crippen LogP contribution is 2.30. The van der Waals surface area contributed by atoms with Gasteiger partial charge in [0.25, 0.3) is 0 Å². The summed E-state index contributed by atoms with van der Waals surface area (Å²) >= 11 is 3.57. The largest absolute Gasteiger partial charge is 0.265 e. The molecule has 1 aliphatic rings. The number of hydrogen-bond donors (Lipinski definition) is 0. The van der Waals surface area contributed by atoms with Crippen LogP contribution in [0.1, 0.15) is 55.1 Å². The zero-order chi connectivity index (χ0) is 18.1. The maximum atomic E-state index is 4.93. The number of nitrogens with zero attached hydrogens (tertiary/aromatic N) is 5. The van der Waals surface area contributed by atoms with E-state index in [0.29, 0.717) is 12.6 Å². The summed E-state index contributed by atoms with van der Waals surface area (Å²) in [4.78, 5) is 4.91. The van der Waals surface area contributed by atoms with E-state index < -0.39 is 0 Å². The summed E-state index contributed by atoms with van der Waals surface area (Å²) < 4.78 is 5.23. The first-order chi connectivity index (χ1) is 12.6. The molecule has 1 saturated carbocycles. The SMILES string of the molecule is Cc1cnn(Cc2nc(-c3ccc(Br)c(C)c3)nn2C2CCCCC2)c1. The van der Waals surface area contributed by atoms with Gasteiger partial charge in [-0.05, 0) is 56.0 Å². The van der Waals surface area contributed by atoms with Crippen molar-refractivity contribution >= 4 is 15.9 Å². The fraction of sp³-hybridized carbons (Fsp3) is 0.450. The minimum Gasteiger partial charge on any atom is -0.265 e. The molecule has 0 unspecified atom stereocenters. The summed E-state index contributed by atoms with van der Waals surface area (Å²) in [5, 5.41) is 9.36. The summed E-state index contributed by atoms with van der Waals surface area (Å²) in [6.45, 7) is 4.82. The average molecular weight is 414 g/mol. The third kappa shape index (κ3) is 3.61. The first-order valence-electron chi connectivity index (χ1n) is 9.31. The Kier molecular flexibility index (Phi) is 4.94. The molecule has 0 atom stereocenters. The Morgan fingerprint density at radius 2 is 1.96 bits per heavy atom. The van der Waals surface area contributed by atoms with Gasteiger partial charge in [0.15, 0.2) is 5.82 Å². The summed E-state index contributed by atoms with van der Waals surface area (Å²) in [5.41, 5.74) is 3.43. The normalized spacial score (nSPS) is 15.5. The molecule has 136 valence electrons.